The molecule has 2 heterocycles. The number of aromatic nitrogens is 2. The van der Waals surface area contributed by atoms with Gasteiger partial charge in [-0.05, 0) is 31.0 Å². The molecule has 0 bridgehead atoms. The highest BCUT2D eigenvalue weighted by Crippen LogP contribution is 2.34. The number of likely N-dealkylation sites (tertiary alicyclic amines) is 1. The van der Waals surface area contributed by atoms with E-state index in [4.69, 9.17) is 0 Å². The topological polar surface area (TPSA) is 29.0 Å². The summed E-state index contributed by atoms with van der Waals surface area (Å²) in [6.45, 7) is 3.88. The van der Waals surface area contributed by atoms with E-state index in [1.54, 1.807) is 11.3 Å². The quantitative estimate of drug-likeness (QED) is 0.852. The molecule has 1 atom stereocenters. The molecule has 0 aliphatic carbocycles. The first kappa shape index (κ1) is 11.7. The van der Waals surface area contributed by atoms with E-state index in [9.17, 15) is 4.39 Å². The molecule has 1 aromatic carbocycles. The number of halogens is 1. The molecule has 0 radical (unpaired) electrons. The van der Waals surface area contributed by atoms with Gasteiger partial charge in [-0.25, -0.2) is 4.39 Å². The summed E-state index contributed by atoms with van der Waals surface area (Å²) in [7, 11) is 0. The SMILES string of the molecule is Cc1nnc(CN2CC[C@@H]2c2ccc(F)cc2)s1. The summed E-state index contributed by atoms with van der Waals surface area (Å²) in [6, 6.07) is 7.20. The van der Waals surface area contributed by atoms with Crippen molar-refractivity contribution in [3.8, 4) is 0 Å². The van der Waals surface area contributed by atoms with Crippen LogP contribution >= 0.6 is 11.3 Å². The fourth-order valence-electron chi connectivity index (χ4n) is 2.27. The second kappa shape index (κ2) is 4.74. The second-order valence-electron chi connectivity index (χ2n) is 4.54. The van der Waals surface area contributed by atoms with Gasteiger partial charge in [0.05, 0.1) is 6.54 Å². The fourth-order valence-corrected chi connectivity index (χ4v) is 3.00. The van der Waals surface area contributed by atoms with Crippen LogP contribution in [0, 0.1) is 12.7 Å². The Morgan fingerprint density at radius 3 is 2.67 bits per heavy atom. The molecule has 0 unspecified atom stereocenters. The number of hydrogen-bond donors (Lipinski definition) is 0. The summed E-state index contributed by atoms with van der Waals surface area (Å²) in [5.41, 5.74) is 1.18. The van der Waals surface area contributed by atoms with Crippen LogP contribution in [0.3, 0.4) is 0 Å². The zero-order valence-electron chi connectivity index (χ0n) is 10.1. The molecule has 1 aliphatic rings. The summed E-state index contributed by atoms with van der Waals surface area (Å²) in [5, 5.41) is 10.2. The van der Waals surface area contributed by atoms with Gasteiger partial charge in [-0.3, -0.25) is 4.90 Å². The number of benzene rings is 1. The van der Waals surface area contributed by atoms with Gasteiger partial charge in [-0.1, -0.05) is 12.1 Å². The average Bonchev–Trinajstić information content (AvgIpc) is 2.74. The van der Waals surface area contributed by atoms with Gasteiger partial charge in [0.1, 0.15) is 15.8 Å². The average molecular weight is 263 g/mol. The fraction of sp³-hybridized carbons (Fsp3) is 0.385. The lowest BCUT2D eigenvalue weighted by Gasteiger charge is -2.40. The van der Waals surface area contributed by atoms with Gasteiger partial charge in [-0.2, -0.15) is 0 Å². The standard InChI is InChI=1S/C13H14FN3S/c1-9-15-16-13(18-9)8-17-7-6-12(17)10-2-4-11(14)5-3-10/h2-5,12H,6-8H2,1H3/t12-/m1/s1. The molecule has 3 rings (SSSR count). The van der Waals surface area contributed by atoms with Crippen LogP contribution < -0.4 is 0 Å². The van der Waals surface area contributed by atoms with E-state index in [0.29, 0.717) is 6.04 Å². The van der Waals surface area contributed by atoms with Crippen LogP contribution in [0.15, 0.2) is 24.3 Å². The van der Waals surface area contributed by atoms with E-state index < -0.39 is 0 Å². The molecular weight excluding hydrogens is 249 g/mol. The highest BCUT2D eigenvalue weighted by Gasteiger charge is 2.29. The van der Waals surface area contributed by atoms with Crippen LogP contribution in [0.2, 0.25) is 0 Å². The predicted octanol–water partition coefficient (Wildman–Crippen LogP) is 2.93. The molecule has 1 fully saturated rings. The van der Waals surface area contributed by atoms with Gasteiger partial charge in [0.15, 0.2) is 0 Å². The molecule has 0 N–H and O–H groups in total. The van der Waals surface area contributed by atoms with Crippen LogP contribution in [0.5, 0.6) is 0 Å². The number of nitrogens with zero attached hydrogens (tertiary/aromatic N) is 3. The van der Waals surface area contributed by atoms with Crippen molar-refractivity contribution in [3.63, 3.8) is 0 Å². The Morgan fingerprint density at radius 1 is 1.33 bits per heavy atom. The summed E-state index contributed by atoms with van der Waals surface area (Å²) < 4.78 is 12.9. The first-order valence-corrected chi connectivity index (χ1v) is 6.82. The molecule has 94 valence electrons. The molecular formula is C13H14FN3S. The Kier molecular flexibility index (Phi) is 3.09. The molecule has 1 aromatic heterocycles. The van der Waals surface area contributed by atoms with Crippen LogP contribution in [0.1, 0.15) is 28.0 Å². The monoisotopic (exact) mass is 263 g/mol. The molecule has 3 nitrogen and oxygen atoms in total. The zero-order valence-corrected chi connectivity index (χ0v) is 11.0. The summed E-state index contributed by atoms with van der Waals surface area (Å²) in [6.07, 6.45) is 1.13. The Labute approximate surface area is 109 Å². The van der Waals surface area contributed by atoms with Gasteiger partial charge in [0.25, 0.3) is 0 Å². The van der Waals surface area contributed by atoms with E-state index in [0.717, 1.165) is 29.5 Å². The Bertz CT molecular complexity index is 537. The normalized spacial score (nSPS) is 19.8. The Balaban J connectivity index is 1.70. The molecule has 1 aliphatic heterocycles. The maximum atomic E-state index is 12.9. The minimum atomic E-state index is -0.177. The van der Waals surface area contributed by atoms with E-state index in [1.807, 2.05) is 19.1 Å². The molecule has 0 amide bonds. The molecule has 18 heavy (non-hydrogen) atoms. The highest BCUT2D eigenvalue weighted by molar-refractivity contribution is 7.11. The minimum absolute atomic E-state index is 0.177. The van der Waals surface area contributed by atoms with Crippen molar-refractivity contribution in [1.29, 1.82) is 0 Å². The largest absolute Gasteiger partial charge is 0.289 e. The first-order valence-electron chi connectivity index (χ1n) is 6.01. The van der Waals surface area contributed by atoms with Crippen molar-refractivity contribution in [3.05, 3.63) is 45.7 Å². The second-order valence-corrected chi connectivity index (χ2v) is 5.81. The third-order valence-electron chi connectivity index (χ3n) is 3.29. The maximum absolute atomic E-state index is 12.9. The third-order valence-corrected chi connectivity index (χ3v) is 4.11. The van der Waals surface area contributed by atoms with Gasteiger partial charge < -0.3 is 0 Å². The lowest BCUT2D eigenvalue weighted by Crippen LogP contribution is -2.40. The van der Waals surface area contributed by atoms with Gasteiger partial charge in [0, 0.05) is 12.6 Å². The van der Waals surface area contributed by atoms with Gasteiger partial charge in [-0.15, -0.1) is 21.5 Å². The summed E-state index contributed by atoms with van der Waals surface area (Å²) in [4.78, 5) is 2.35. The third kappa shape index (κ3) is 2.28. The molecule has 0 saturated carbocycles. The molecule has 2 aromatic rings. The lowest BCUT2D eigenvalue weighted by molar-refractivity contribution is 0.0815. The van der Waals surface area contributed by atoms with Gasteiger partial charge in [0.2, 0.25) is 0 Å². The Morgan fingerprint density at radius 2 is 2.11 bits per heavy atom. The van der Waals surface area contributed by atoms with E-state index in [-0.39, 0.29) is 5.82 Å². The van der Waals surface area contributed by atoms with Crippen molar-refractivity contribution in [2.24, 2.45) is 0 Å². The predicted molar refractivity (Wildman–Crippen MR) is 68.8 cm³/mol. The first-order chi connectivity index (χ1) is 8.72. The van der Waals surface area contributed by atoms with Crippen LogP contribution in [0.25, 0.3) is 0 Å². The van der Waals surface area contributed by atoms with E-state index in [2.05, 4.69) is 15.1 Å². The van der Waals surface area contributed by atoms with Crippen molar-refractivity contribution in [2.45, 2.75) is 25.9 Å². The lowest BCUT2D eigenvalue weighted by atomic mass is 9.95. The van der Waals surface area contributed by atoms with Crippen LogP contribution in [-0.4, -0.2) is 21.6 Å². The highest BCUT2D eigenvalue weighted by atomic mass is 32.1. The van der Waals surface area contributed by atoms with E-state index >= 15 is 0 Å². The molecule has 0 spiro atoms. The number of aryl methyl sites for hydroxylation is 1. The van der Waals surface area contributed by atoms with Gasteiger partial charge >= 0.3 is 0 Å². The van der Waals surface area contributed by atoms with E-state index in [1.165, 1.54) is 17.7 Å². The number of rotatable bonds is 3. The summed E-state index contributed by atoms with van der Waals surface area (Å²) in [5.74, 6) is -0.177. The van der Waals surface area contributed by atoms with Crippen LogP contribution in [-0.2, 0) is 6.54 Å². The van der Waals surface area contributed by atoms with Crippen molar-refractivity contribution in [2.75, 3.05) is 6.54 Å². The smallest absolute Gasteiger partial charge is 0.131 e. The minimum Gasteiger partial charge on any atom is -0.289 e. The number of hydrogen-bond acceptors (Lipinski definition) is 4. The molecule has 5 heteroatoms. The maximum Gasteiger partial charge on any atom is 0.131 e. The van der Waals surface area contributed by atoms with Crippen LogP contribution in [0.4, 0.5) is 4.39 Å². The van der Waals surface area contributed by atoms with Crippen molar-refractivity contribution < 1.29 is 4.39 Å². The van der Waals surface area contributed by atoms with Crippen molar-refractivity contribution >= 4 is 11.3 Å². The summed E-state index contributed by atoms with van der Waals surface area (Å²) >= 11 is 1.64. The molecule has 1 saturated heterocycles. The van der Waals surface area contributed by atoms with Crippen molar-refractivity contribution in [1.82, 2.24) is 15.1 Å². The Hall–Kier alpha value is -1.33. The zero-order chi connectivity index (χ0) is 12.5.